The SMILES string of the molecule is COC(=O)c1ccc(C(=O)C[C@H]2[C@@H](N)[C@H](c3ccnc(Cl)c3F)[C@]3(C(=O)Nc4cc(Cl)ccc43)N2CC2CC2)c([N+](=O)[O-])c1. The zero-order valence-electron chi connectivity index (χ0n) is 23.3. The van der Waals surface area contributed by atoms with Gasteiger partial charge in [-0.05, 0) is 54.7 Å². The third-order valence-corrected chi connectivity index (χ3v) is 9.29. The number of fused-ring (bicyclic) bond motifs is 2. The van der Waals surface area contributed by atoms with Crippen molar-refractivity contribution < 1.29 is 28.4 Å². The van der Waals surface area contributed by atoms with Crippen molar-refractivity contribution in [2.75, 3.05) is 19.0 Å². The van der Waals surface area contributed by atoms with Gasteiger partial charge in [-0.1, -0.05) is 29.3 Å². The molecule has 2 aliphatic heterocycles. The van der Waals surface area contributed by atoms with E-state index in [1.807, 2.05) is 4.90 Å². The van der Waals surface area contributed by atoms with Gasteiger partial charge >= 0.3 is 5.97 Å². The number of esters is 1. The summed E-state index contributed by atoms with van der Waals surface area (Å²) in [4.78, 5) is 57.0. The topological polar surface area (TPSA) is 158 Å². The molecule has 6 rings (SSSR count). The van der Waals surface area contributed by atoms with E-state index in [9.17, 15) is 24.5 Å². The number of aromatic nitrogens is 1. The summed E-state index contributed by atoms with van der Waals surface area (Å²) in [5, 5.41) is 14.8. The van der Waals surface area contributed by atoms with Crippen LogP contribution in [0.5, 0.6) is 0 Å². The highest BCUT2D eigenvalue weighted by Crippen LogP contribution is 2.58. The summed E-state index contributed by atoms with van der Waals surface area (Å²) in [6.45, 7) is 0.363. The number of pyridine rings is 1. The third kappa shape index (κ3) is 4.73. The number of nitro benzene ring substituents is 1. The highest BCUT2D eigenvalue weighted by atomic mass is 35.5. The minimum Gasteiger partial charge on any atom is -0.465 e. The predicted molar refractivity (Wildman–Crippen MR) is 158 cm³/mol. The van der Waals surface area contributed by atoms with E-state index in [1.54, 1.807) is 18.2 Å². The van der Waals surface area contributed by atoms with Crippen LogP contribution in [-0.2, 0) is 15.1 Å². The Hall–Kier alpha value is -3.97. The Morgan fingerprint density at radius 3 is 2.66 bits per heavy atom. The lowest BCUT2D eigenvalue weighted by atomic mass is 9.73. The molecule has 1 aromatic heterocycles. The van der Waals surface area contributed by atoms with Crippen LogP contribution in [0.1, 0.15) is 57.0 Å². The van der Waals surface area contributed by atoms with Crippen molar-refractivity contribution in [3.05, 3.63) is 97.0 Å². The first kappa shape index (κ1) is 30.1. The number of likely N-dealkylation sites (tertiary alicyclic amines) is 1. The molecule has 3 heterocycles. The normalized spacial score (nSPS) is 24.3. The van der Waals surface area contributed by atoms with Crippen LogP contribution in [0.3, 0.4) is 0 Å². The van der Waals surface area contributed by atoms with E-state index in [2.05, 4.69) is 15.0 Å². The van der Waals surface area contributed by atoms with Gasteiger partial charge in [0.1, 0.15) is 5.54 Å². The van der Waals surface area contributed by atoms with Crippen LogP contribution < -0.4 is 11.1 Å². The number of nitro groups is 1. The number of Topliss-reactive ketones (excluding diaryl/α,β-unsaturated/α-hetero) is 1. The van der Waals surface area contributed by atoms with Gasteiger partial charge < -0.3 is 15.8 Å². The summed E-state index contributed by atoms with van der Waals surface area (Å²) in [5.41, 5.74) is 5.49. The number of nitrogens with two attached hydrogens (primary N) is 1. The van der Waals surface area contributed by atoms with E-state index in [1.165, 1.54) is 24.4 Å². The number of rotatable bonds is 8. The third-order valence-electron chi connectivity index (χ3n) is 8.79. The van der Waals surface area contributed by atoms with Crippen molar-refractivity contribution in [3.63, 3.8) is 0 Å². The Morgan fingerprint density at radius 2 is 1.98 bits per heavy atom. The molecule has 3 aromatic rings. The molecule has 3 N–H and O–H groups in total. The maximum atomic E-state index is 15.8. The zero-order chi connectivity index (χ0) is 31.5. The number of nitrogens with one attached hydrogen (secondary N) is 1. The molecule has 1 aliphatic carbocycles. The molecular weight excluding hydrogens is 616 g/mol. The summed E-state index contributed by atoms with van der Waals surface area (Å²) in [6.07, 6.45) is 2.77. The molecule has 1 saturated carbocycles. The standard InChI is InChI=1S/C30H26Cl2FN5O6/c1-44-28(40)15-4-6-17(21(10-15)38(42)43)23(39)12-22-26(34)24(18-8-9-35-27(32)25(18)33)30(37(22)13-14-2-3-14)19-7-5-16(31)11-20(19)36-29(30)41/h4-11,14,22,24,26H,2-3,12-13,34H2,1H3,(H,36,41)/t22-,24-,26+,30+/m0/s1. The van der Waals surface area contributed by atoms with E-state index in [0.717, 1.165) is 26.0 Å². The van der Waals surface area contributed by atoms with Crippen molar-refractivity contribution in [2.45, 2.75) is 42.8 Å². The first-order chi connectivity index (χ1) is 21.0. The van der Waals surface area contributed by atoms with Crippen LogP contribution in [0.2, 0.25) is 10.2 Å². The number of hydrogen-bond acceptors (Lipinski definition) is 9. The van der Waals surface area contributed by atoms with Gasteiger partial charge in [-0.25, -0.2) is 14.2 Å². The fraction of sp³-hybridized carbons (Fsp3) is 0.333. The summed E-state index contributed by atoms with van der Waals surface area (Å²) < 4.78 is 20.4. The van der Waals surface area contributed by atoms with E-state index in [-0.39, 0.29) is 29.0 Å². The first-order valence-corrected chi connectivity index (χ1v) is 14.6. The monoisotopic (exact) mass is 641 g/mol. The quantitative estimate of drug-likeness (QED) is 0.115. The second kappa shape index (κ2) is 11.2. The number of carbonyl (C=O) groups excluding carboxylic acids is 3. The number of amides is 1. The lowest BCUT2D eigenvalue weighted by Crippen LogP contribution is -2.53. The van der Waals surface area contributed by atoms with E-state index in [4.69, 9.17) is 28.9 Å². The largest absolute Gasteiger partial charge is 0.465 e. The van der Waals surface area contributed by atoms with E-state index >= 15 is 4.39 Å². The molecule has 1 saturated heterocycles. The van der Waals surface area contributed by atoms with Gasteiger partial charge in [0.25, 0.3) is 5.69 Å². The van der Waals surface area contributed by atoms with E-state index in [0.29, 0.717) is 22.8 Å². The van der Waals surface area contributed by atoms with Crippen molar-refractivity contribution in [2.24, 2.45) is 11.7 Å². The van der Waals surface area contributed by atoms with Crippen LogP contribution in [0.15, 0.2) is 48.7 Å². The second-order valence-corrected chi connectivity index (χ2v) is 12.0. The number of anilines is 1. The van der Waals surface area contributed by atoms with Crippen LogP contribution in [0, 0.1) is 21.8 Å². The van der Waals surface area contributed by atoms with Gasteiger partial charge in [0.2, 0.25) is 5.91 Å². The molecule has 0 unspecified atom stereocenters. The molecule has 14 heteroatoms. The highest BCUT2D eigenvalue weighted by molar-refractivity contribution is 6.31. The van der Waals surface area contributed by atoms with Crippen molar-refractivity contribution in [1.29, 1.82) is 0 Å². The summed E-state index contributed by atoms with van der Waals surface area (Å²) >= 11 is 12.4. The van der Waals surface area contributed by atoms with Crippen LogP contribution in [0.25, 0.3) is 0 Å². The molecule has 3 aliphatic rings. The minimum absolute atomic E-state index is 0.0552. The number of methoxy groups -OCH3 is 1. The van der Waals surface area contributed by atoms with Gasteiger partial charge in [0, 0.05) is 59.5 Å². The van der Waals surface area contributed by atoms with Gasteiger partial charge in [-0.3, -0.25) is 24.6 Å². The molecule has 4 atom stereocenters. The lowest BCUT2D eigenvalue weighted by Gasteiger charge is -2.39. The number of carbonyl (C=O) groups is 3. The van der Waals surface area contributed by atoms with Gasteiger partial charge in [-0.15, -0.1) is 0 Å². The maximum absolute atomic E-state index is 15.8. The lowest BCUT2D eigenvalue weighted by molar-refractivity contribution is -0.385. The molecule has 0 radical (unpaired) electrons. The summed E-state index contributed by atoms with van der Waals surface area (Å²) in [5.74, 6) is -3.57. The highest BCUT2D eigenvalue weighted by Gasteiger charge is 2.67. The van der Waals surface area contributed by atoms with Gasteiger partial charge in [0.15, 0.2) is 16.8 Å². The average molecular weight is 642 g/mol. The molecule has 0 bridgehead atoms. The number of halogens is 3. The Bertz CT molecular complexity index is 1740. The molecule has 1 spiro atoms. The smallest absolute Gasteiger partial charge is 0.338 e. The number of ketones is 1. The molecule has 11 nitrogen and oxygen atoms in total. The molecule has 228 valence electrons. The molecular formula is C30H26Cl2FN5O6. The molecule has 1 amide bonds. The second-order valence-electron chi connectivity index (χ2n) is 11.2. The van der Waals surface area contributed by atoms with Crippen LogP contribution in [-0.4, -0.2) is 58.2 Å². The number of nitrogens with zero attached hydrogens (tertiary/aromatic N) is 3. The Morgan fingerprint density at radius 1 is 1.23 bits per heavy atom. The fourth-order valence-corrected chi connectivity index (χ4v) is 7.04. The Labute approximate surface area is 260 Å². The average Bonchev–Trinajstić information content (AvgIpc) is 3.73. The molecule has 44 heavy (non-hydrogen) atoms. The van der Waals surface area contributed by atoms with Gasteiger partial charge in [-0.2, -0.15) is 0 Å². The Balaban J connectivity index is 1.51. The number of hydrogen-bond donors (Lipinski definition) is 2. The van der Waals surface area contributed by atoms with Gasteiger partial charge in [0.05, 0.1) is 23.2 Å². The minimum atomic E-state index is -1.56. The van der Waals surface area contributed by atoms with E-state index < -0.39 is 62.8 Å². The summed E-state index contributed by atoms with van der Waals surface area (Å²) in [7, 11) is 1.14. The van der Waals surface area contributed by atoms with Crippen LogP contribution in [0.4, 0.5) is 15.8 Å². The van der Waals surface area contributed by atoms with Crippen molar-refractivity contribution in [3.8, 4) is 0 Å². The first-order valence-electron chi connectivity index (χ1n) is 13.8. The van der Waals surface area contributed by atoms with Crippen LogP contribution >= 0.6 is 23.2 Å². The van der Waals surface area contributed by atoms with Crippen molar-refractivity contribution >= 4 is 52.2 Å². The van der Waals surface area contributed by atoms with Crippen molar-refractivity contribution in [1.82, 2.24) is 9.88 Å². The molecule has 2 fully saturated rings. The maximum Gasteiger partial charge on any atom is 0.338 e. The number of benzene rings is 2. The molecule has 2 aromatic carbocycles. The zero-order valence-corrected chi connectivity index (χ0v) is 24.8. The predicted octanol–water partition coefficient (Wildman–Crippen LogP) is 4.85. The fourth-order valence-electron chi connectivity index (χ4n) is 6.71. The number of ether oxygens (including phenoxy) is 1. The Kier molecular flexibility index (Phi) is 7.65. The summed E-state index contributed by atoms with van der Waals surface area (Å²) in [6, 6.07) is 7.93.